The van der Waals surface area contributed by atoms with Crippen LogP contribution < -0.4 is 0 Å². The van der Waals surface area contributed by atoms with Gasteiger partial charge in [0.2, 0.25) is 0 Å². The van der Waals surface area contributed by atoms with Gasteiger partial charge in [0.15, 0.2) is 6.10 Å². The topological polar surface area (TPSA) is 78.9 Å². The van der Waals surface area contributed by atoms with Crippen molar-refractivity contribution in [3.8, 4) is 0 Å². The standard InChI is InChI=1S/C72H134O6/c1-4-7-10-13-16-19-22-25-28-31-32-33-34-35-36-37-38-39-40-42-44-47-50-53-56-59-62-65-71(74)77-68-69(67-76-70(73)64-61-58-55-52-49-46-43-30-27-24-21-18-15-12-9-6-3)78-72(75)66-63-60-57-54-51-48-45-41-29-26-23-20-17-14-11-8-5-2/h21,24,30-32,43,69H,4-20,22-23,25-29,33-42,44-68H2,1-3H3/b24-21-,32-31-,43-30-. The van der Waals surface area contributed by atoms with Crippen molar-refractivity contribution in [2.75, 3.05) is 13.2 Å². The van der Waals surface area contributed by atoms with Gasteiger partial charge in [0, 0.05) is 19.3 Å². The molecule has 0 N–H and O–H groups in total. The number of unbranched alkanes of at least 4 members (excludes halogenated alkanes) is 48. The molecule has 0 saturated carbocycles. The van der Waals surface area contributed by atoms with Crippen molar-refractivity contribution in [1.29, 1.82) is 0 Å². The van der Waals surface area contributed by atoms with Crippen LogP contribution in [0.3, 0.4) is 0 Å². The van der Waals surface area contributed by atoms with Crippen LogP contribution in [-0.2, 0) is 28.6 Å². The first kappa shape index (κ1) is 75.6. The monoisotopic (exact) mass is 1100 g/mol. The third-order valence-corrected chi connectivity index (χ3v) is 15.9. The molecule has 6 heteroatoms. The van der Waals surface area contributed by atoms with E-state index in [0.29, 0.717) is 19.3 Å². The summed E-state index contributed by atoms with van der Waals surface area (Å²) >= 11 is 0. The Labute approximate surface area is 486 Å². The van der Waals surface area contributed by atoms with Gasteiger partial charge in [-0.3, -0.25) is 14.4 Å². The van der Waals surface area contributed by atoms with E-state index in [4.69, 9.17) is 14.2 Å². The Kier molecular flexibility index (Phi) is 65.1. The lowest BCUT2D eigenvalue weighted by Gasteiger charge is -2.18. The predicted octanol–water partition coefficient (Wildman–Crippen LogP) is 23.9. The number of carbonyl (C=O) groups is 3. The normalized spacial score (nSPS) is 12.2. The number of hydrogen-bond acceptors (Lipinski definition) is 6. The summed E-state index contributed by atoms with van der Waals surface area (Å²) in [6.45, 7) is 6.68. The summed E-state index contributed by atoms with van der Waals surface area (Å²) in [5, 5.41) is 0. The molecule has 78 heavy (non-hydrogen) atoms. The summed E-state index contributed by atoms with van der Waals surface area (Å²) in [6, 6.07) is 0. The highest BCUT2D eigenvalue weighted by Gasteiger charge is 2.19. The molecule has 0 aliphatic carbocycles. The number of hydrogen-bond donors (Lipinski definition) is 0. The second kappa shape index (κ2) is 67.1. The molecule has 0 amide bonds. The molecule has 1 atom stereocenters. The summed E-state index contributed by atoms with van der Waals surface area (Å²) < 4.78 is 17.0. The van der Waals surface area contributed by atoms with Gasteiger partial charge in [-0.25, -0.2) is 0 Å². The molecule has 0 aliphatic rings. The number of esters is 3. The molecule has 0 aromatic carbocycles. The summed E-state index contributed by atoms with van der Waals surface area (Å²) in [5.41, 5.74) is 0. The Morgan fingerprint density at radius 2 is 0.462 bits per heavy atom. The summed E-state index contributed by atoms with van der Waals surface area (Å²) in [5.74, 6) is -0.857. The van der Waals surface area contributed by atoms with Crippen molar-refractivity contribution in [3.05, 3.63) is 36.5 Å². The fourth-order valence-electron chi connectivity index (χ4n) is 10.6. The fraction of sp³-hybridized carbons (Fsp3) is 0.875. The molecule has 0 fully saturated rings. The fourth-order valence-corrected chi connectivity index (χ4v) is 10.6. The lowest BCUT2D eigenvalue weighted by molar-refractivity contribution is -0.167. The van der Waals surface area contributed by atoms with Crippen molar-refractivity contribution < 1.29 is 28.6 Å². The molecule has 0 bridgehead atoms. The van der Waals surface area contributed by atoms with Gasteiger partial charge in [-0.2, -0.15) is 0 Å². The van der Waals surface area contributed by atoms with E-state index in [-0.39, 0.29) is 31.1 Å². The predicted molar refractivity (Wildman–Crippen MR) is 339 cm³/mol. The average molecular weight is 1100 g/mol. The molecule has 0 heterocycles. The van der Waals surface area contributed by atoms with Gasteiger partial charge in [-0.15, -0.1) is 0 Å². The maximum atomic E-state index is 12.9. The van der Waals surface area contributed by atoms with Gasteiger partial charge in [-0.1, -0.05) is 327 Å². The van der Waals surface area contributed by atoms with Crippen LogP contribution in [-0.4, -0.2) is 37.2 Å². The van der Waals surface area contributed by atoms with Crippen LogP contribution in [0.2, 0.25) is 0 Å². The molecule has 458 valence electrons. The first-order valence-electron chi connectivity index (χ1n) is 35.0. The Bertz CT molecular complexity index is 1300. The molecular weight excluding hydrogens is 961 g/mol. The molecule has 0 aromatic rings. The summed E-state index contributed by atoms with van der Waals surface area (Å²) in [4.78, 5) is 38.4. The molecule has 1 unspecified atom stereocenters. The van der Waals surface area contributed by atoms with Crippen LogP contribution in [0.1, 0.15) is 387 Å². The Morgan fingerprint density at radius 1 is 0.256 bits per heavy atom. The number of ether oxygens (including phenoxy) is 3. The highest BCUT2D eigenvalue weighted by atomic mass is 16.6. The van der Waals surface area contributed by atoms with Crippen molar-refractivity contribution in [1.82, 2.24) is 0 Å². The molecular formula is C72H134O6. The van der Waals surface area contributed by atoms with Crippen molar-refractivity contribution in [3.63, 3.8) is 0 Å². The van der Waals surface area contributed by atoms with E-state index in [2.05, 4.69) is 57.2 Å². The van der Waals surface area contributed by atoms with Gasteiger partial charge >= 0.3 is 17.9 Å². The smallest absolute Gasteiger partial charge is 0.306 e. The third-order valence-electron chi connectivity index (χ3n) is 15.9. The number of rotatable bonds is 65. The lowest BCUT2D eigenvalue weighted by Crippen LogP contribution is -2.30. The van der Waals surface area contributed by atoms with E-state index < -0.39 is 6.10 Å². The van der Waals surface area contributed by atoms with Crippen molar-refractivity contribution in [2.24, 2.45) is 0 Å². The minimum atomic E-state index is -0.776. The highest BCUT2D eigenvalue weighted by molar-refractivity contribution is 5.71. The average Bonchev–Trinajstić information content (AvgIpc) is 3.44. The number of carbonyl (C=O) groups excluding carboxylic acids is 3. The minimum Gasteiger partial charge on any atom is -0.462 e. The van der Waals surface area contributed by atoms with Crippen LogP contribution in [0.25, 0.3) is 0 Å². The van der Waals surface area contributed by atoms with Crippen LogP contribution in [0, 0.1) is 0 Å². The molecule has 0 radical (unpaired) electrons. The van der Waals surface area contributed by atoms with Crippen molar-refractivity contribution in [2.45, 2.75) is 393 Å². The van der Waals surface area contributed by atoms with E-state index in [1.54, 1.807) is 0 Å². The van der Waals surface area contributed by atoms with Crippen LogP contribution in [0.5, 0.6) is 0 Å². The van der Waals surface area contributed by atoms with Gasteiger partial charge < -0.3 is 14.2 Å². The minimum absolute atomic E-state index is 0.0714. The third kappa shape index (κ3) is 64.5. The first-order chi connectivity index (χ1) is 38.5. The Balaban J connectivity index is 4.24. The second-order valence-electron chi connectivity index (χ2n) is 23.8. The highest BCUT2D eigenvalue weighted by Crippen LogP contribution is 2.18. The molecule has 6 nitrogen and oxygen atoms in total. The molecule has 0 aliphatic heterocycles. The maximum Gasteiger partial charge on any atom is 0.306 e. The van der Waals surface area contributed by atoms with E-state index in [1.165, 1.54) is 270 Å². The van der Waals surface area contributed by atoms with Crippen LogP contribution in [0.4, 0.5) is 0 Å². The zero-order chi connectivity index (χ0) is 56.4. The SMILES string of the molecule is CCCCCC/C=C\C/C=C\CCCCCCCC(=O)OCC(COC(=O)CCCCCCCCCCCCCCCCC/C=C\CCCCCCCCCC)OC(=O)CCCCCCCCCCCCCCCCCCC. The van der Waals surface area contributed by atoms with E-state index in [0.717, 1.165) is 77.0 Å². The van der Waals surface area contributed by atoms with E-state index in [1.807, 2.05) is 0 Å². The van der Waals surface area contributed by atoms with Gasteiger partial charge in [0.1, 0.15) is 13.2 Å². The number of allylic oxidation sites excluding steroid dienone is 6. The van der Waals surface area contributed by atoms with Gasteiger partial charge in [0.25, 0.3) is 0 Å². The van der Waals surface area contributed by atoms with E-state index >= 15 is 0 Å². The largest absolute Gasteiger partial charge is 0.462 e. The van der Waals surface area contributed by atoms with Crippen LogP contribution in [0.15, 0.2) is 36.5 Å². The lowest BCUT2D eigenvalue weighted by atomic mass is 10.0. The molecule has 0 rings (SSSR count). The first-order valence-corrected chi connectivity index (χ1v) is 35.0. The Morgan fingerprint density at radius 3 is 0.731 bits per heavy atom. The quantitative estimate of drug-likeness (QED) is 0.0261. The van der Waals surface area contributed by atoms with Crippen molar-refractivity contribution >= 4 is 17.9 Å². The Hall–Kier alpha value is -2.37. The zero-order valence-corrected chi connectivity index (χ0v) is 52.7. The van der Waals surface area contributed by atoms with Gasteiger partial charge in [-0.05, 0) is 77.0 Å². The molecule has 0 spiro atoms. The molecule has 0 saturated heterocycles. The van der Waals surface area contributed by atoms with E-state index in [9.17, 15) is 14.4 Å². The van der Waals surface area contributed by atoms with Gasteiger partial charge in [0.05, 0.1) is 0 Å². The van der Waals surface area contributed by atoms with Crippen LogP contribution >= 0.6 is 0 Å². The maximum absolute atomic E-state index is 12.9. The molecule has 0 aromatic heterocycles. The zero-order valence-electron chi connectivity index (χ0n) is 52.7. The summed E-state index contributed by atoms with van der Waals surface area (Å²) in [6.07, 6.45) is 83.1. The summed E-state index contributed by atoms with van der Waals surface area (Å²) in [7, 11) is 0. The second-order valence-corrected chi connectivity index (χ2v) is 23.8.